The van der Waals surface area contributed by atoms with Crippen LogP contribution >= 0.6 is 15.6 Å². The fraction of sp³-hybridized carbons (Fsp3) is 0.954. The first kappa shape index (κ1) is 104. The van der Waals surface area contributed by atoms with Gasteiger partial charge in [0.15, 0.2) is 12.2 Å². The molecule has 0 spiro atoms. The molecule has 0 bridgehead atoms. The molecule has 0 aliphatic carbocycles. The maximum atomic E-state index is 13.2. The van der Waals surface area contributed by atoms with Gasteiger partial charge < -0.3 is 33.8 Å². The highest BCUT2D eigenvalue weighted by Crippen LogP contribution is 2.45. The van der Waals surface area contributed by atoms with Gasteiger partial charge >= 0.3 is 39.5 Å². The first-order valence-electron chi connectivity index (χ1n) is 44.9. The molecule has 0 aromatic carbocycles. The Labute approximate surface area is 651 Å². The van der Waals surface area contributed by atoms with Crippen LogP contribution in [0.4, 0.5) is 0 Å². The lowest BCUT2D eigenvalue weighted by Crippen LogP contribution is -2.30. The van der Waals surface area contributed by atoms with Crippen molar-refractivity contribution in [3.05, 3.63) is 0 Å². The van der Waals surface area contributed by atoms with E-state index in [1.54, 1.807) is 0 Å². The highest BCUT2D eigenvalue weighted by molar-refractivity contribution is 7.47. The van der Waals surface area contributed by atoms with Crippen molar-refractivity contribution >= 4 is 39.5 Å². The third-order valence-electron chi connectivity index (χ3n) is 20.7. The number of aliphatic hydroxyl groups excluding tert-OH is 1. The van der Waals surface area contributed by atoms with Crippen LogP contribution in [0.1, 0.15) is 459 Å². The third kappa shape index (κ3) is 78.7. The summed E-state index contributed by atoms with van der Waals surface area (Å²) in [5, 5.41) is 10.7. The molecule has 3 unspecified atom stereocenters. The molecule has 0 aromatic heterocycles. The van der Waals surface area contributed by atoms with Crippen LogP contribution in [0.3, 0.4) is 0 Å². The van der Waals surface area contributed by atoms with Crippen LogP contribution in [0, 0.1) is 17.8 Å². The molecule has 0 radical (unpaired) electrons. The summed E-state index contributed by atoms with van der Waals surface area (Å²) < 4.78 is 68.9. The zero-order valence-corrected chi connectivity index (χ0v) is 71.7. The Kier molecular flexibility index (Phi) is 75.6. The Morgan fingerprint density at radius 1 is 0.274 bits per heavy atom. The summed E-state index contributed by atoms with van der Waals surface area (Å²) in [5.41, 5.74) is 0. The van der Waals surface area contributed by atoms with Crippen molar-refractivity contribution < 1.29 is 80.2 Å². The quantitative estimate of drug-likeness (QED) is 0.0222. The van der Waals surface area contributed by atoms with Crippen LogP contribution in [0.25, 0.3) is 0 Å². The number of phosphoric acid groups is 2. The van der Waals surface area contributed by atoms with Crippen LogP contribution in [-0.4, -0.2) is 96.7 Å². The van der Waals surface area contributed by atoms with Gasteiger partial charge in [0.05, 0.1) is 26.4 Å². The maximum absolute atomic E-state index is 13.2. The summed E-state index contributed by atoms with van der Waals surface area (Å²) in [7, 11) is -9.93. The minimum Gasteiger partial charge on any atom is -0.462 e. The van der Waals surface area contributed by atoms with Crippen LogP contribution in [0.2, 0.25) is 0 Å². The van der Waals surface area contributed by atoms with Crippen molar-refractivity contribution in [2.45, 2.75) is 478 Å². The molecule has 0 rings (SSSR count). The van der Waals surface area contributed by atoms with E-state index in [1.165, 1.54) is 270 Å². The van der Waals surface area contributed by atoms with Crippen LogP contribution < -0.4 is 0 Å². The summed E-state index contributed by atoms with van der Waals surface area (Å²) in [6, 6.07) is 0. The Balaban J connectivity index is 5.23. The van der Waals surface area contributed by atoms with Gasteiger partial charge in [0.2, 0.25) is 0 Å². The molecule has 0 heterocycles. The lowest BCUT2D eigenvalue weighted by Gasteiger charge is -2.21. The van der Waals surface area contributed by atoms with Crippen molar-refractivity contribution in [1.29, 1.82) is 0 Å². The minimum absolute atomic E-state index is 0.106. The molecule has 0 saturated heterocycles. The number of ether oxygens (including phenoxy) is 4. The van der Waals surface area contributed by atoms with Crippen molar-refractivity contribution in [3.8, 4) is 0 Å². The van der Waals surface area contributed by atoms with Gasteiger partial charge in [-0.15, -0.1) is 0 Å². The third-order valence-corrected chi connectivity index (χ3v) is 22.6. The van der Waals surface area contributed by atoms with Gasteiger partial charge in [-0.3, -0.25) is 37.3 Å². The van der Waals surface area contributed by atoms with E-state index in [1.807, 2.05) is 0 Å². The van der Waals surface area contributed by atoms with Gasteiger partial charge in [-0.1, -0.05) is 408 Å². The molecule has 0 amide bonds. The fourth-order valence-electron chi connectivity index (χ4n) is 13.5. The fourth-order valence-corrected chi connectivity index (χ4v) is 15.1. The van der Waals surface area contributed by atoms with E-state index in [2.05, 4.69) is 48.5 Å². The number of carbonyl (C=O) groups is 4. The van der Waals surface area contributed by atoms with E-state index in [0.29, 0.717) is 25.7 Å². The average molecular weight is 1550 g/mol. The Hall–Kier alpha value is -1.94. The van der Waals surface area contributed by atoms with Gasteiger partial charge in [-0.05, 0) is 43.4 Å². The van der Waals surface area contributed by atoms with E-state index < -0.39 is 97.5 Å². The number of esters is 4. The lowest BCUT2D eigenvalue weighted by atomic mass is 9.99. The van der Waals surface area contributed by atoms with Crippen molar-refractivity contribution in [2.75, 3.05) is 39.6 Å². The van der Waals surface area contributed by atoms with Crippen molar-refractivity contribution in [1.82, 2.24) is 0 Å². The van der Waals surface area contributed by atoms with Crippen LogP contribution in [0.15, 0.2) is 0 Å². The van der Waals surface area contributed by atoms with Gasteiger partial charge in [0.25, 0.3) is 0 Å². The number of rotatable bonds is 85. The van der Waals surface area contributed by atoms with Gasteiger partial charge in [-0.25, -0.2) is 9.13 Å². The summed E-state index contributed by atoms with van der Waals surface area (Å²) in [6.45, 7) is 12.0. The molecule has 0 aliphatic rings. The normalized spacial score (nSPS) is 14.1. The topological polar surface area (TPSA) is 237 Å². The van der Waals surface area contributed by atoms with Crippen LogP contribution in [-0.2, 0) is 65.4 Å². The zero-order valence-electron chi connectivity index (χ0n) is 69.9. The number of phosphoric ester groups is 2. The summed E-state index contributed by atoms with van der Waals surface area (Å²) in [4.78, 5) is 73.2. The number of carbonyl (C=O) groups excluding carboxylic acids is 4. The molecule has 17 nitrogen and oxygen atoms in total. The predicted octanol–water partition coefficient (Wildman–Crippen LogP) is 26.5. The Bertz CT molecular complexity index is 2050. The maximum Gasteiger partial charge on any atom is 0.472 e. The van der Waals surface area contributed by atoms with Gasteiger partial charge in [0.1, 0.15) is 19.3 Å². The summed E-state index contributed by atoms with van der Waals surface area (Å²) >= 11 is 0. The molecular weight excluding hydrogens is 1380 g/mol. The monoisotopic (exact) mass is 1550 g/mol. The molecule has 0 fully saturated rings. The second-order valence-electron chi connectivity index (χ2n) is 32.5. The van der Waals surface area contributed by atoms with E-state index >= 15 is 0 Å². The zero-order chi connectivity index (χ0) is 77.9. The minimum atomic E-state index is -4.97. The first-order valence-corrected chi connectivity index (χ1v) is 47.9. The summed E-state index contributed by atoms with van der Waals surface area (Å²) in [6.07, 6.45) is 68.1. The van der Waals surface area contributed by atoms with E-state index in [9.17, 15) is 43.2 Å². The average Bonchev–Trinajstić information content (AvgIpc) is 0.899. The standard InChI is InChI=1S/C87H170O17P2/c1-8-10-11-12-13-14-15-16-17-18-19-23-26-29-34-39-47-54-61-68-84(89)97-74-82(103-86(91)70-63-56-49-40-35-30-27-24-21-20-22-25-28-33-38-46-53-60-67-80(7)9-2)76-101-105(93,94)99-72-81(88)73-100-106(95,96)102-77-83(75-98-85(90)69-62-55-48-43-42-45-52-59-66-79(5)6)104-87(92)71-64-57-50-41-36-31-32-37-44-51-58-65-78(3)4/h78-83,88H,8-77H2,1-7H3,(H,93,94)(H,95,96)/t80?,81-,82-,83-/m1/s1. The molecule has 3 N–H and O–H groups in total. The van der Waals surface area contributed by atoms with Gasteiger partial charge in [0, 0.05) is 25.7 Å². The predicted molar refractivity (Wildman–Crippen MR) is 437 cm³/mol. The molecular formula is C87H170O17P2. The lowest BCUT2D eigenvalue weighted by molar-refractivity contribution is -0.161. The number of unbranched alkanes of at least 4 members (excludes halogenated alkanes) is 52. The number of hydrogen-bond acceptors (Lipinski definition) is 15. The molecule has 0 saturated carbocycles. The van der Waals surface area contributed by atoms with Gasteiger partial charge in [-0.2, -0.15) is 0 Å². The molecule has 106 heavy (non-hydrogen) atoms. The van der Waals surface area contributed by atoms with E-state index in [4.69, 9.17) is 37.0 Å². The smallest absolute Gasteiger partial charge is 0.462 e. The van der Waals surface area contributed by atoms with Crippen molar-refractivity contribution in [2.24, 2.45) is 17.8 Å². The largest absolute Gasteiger partial charge is 0.472 e. The van der Waals surface area contributed by atoms with E-state index in [0.717, 1.165) is 108 Å². The SMILES string of the molecule is CCCCCCCCCCCCCCCCCCCCCC(=O)OC[C@H](COP(=O)(O)OC[C@@H](O)COP(=O)(O)OC[C@@H](COC(=O)CCCCCCCCCCC(C)C)OC(=O)CCCCCCCCCCCCCC(C)C)OC(=O)CCCCCCCCCCCCCCCCCCCCC(C)CC. The Morgan fingerprint density at radius 2 is 0.481 bits per heavy atom. The number of aliphatic hydroxyl groups is 1. The number of hydrogen-bond donors (Lipinski definition) is 3. The highest BCUT2D eigenvalue weighted by atomic mass is 31.2. The molecule has 0 aromatic rings. The van der Waals surface area contributed by atoms with E-state index in [-0.39, 0.29) is 25.7 Å². The molecule has 630 valence electrons. The van der Waals surface area contributed by atoms with Crippen LogP contribution in [0.5, 0.6) is 0 Å². The summed E-state index contributed by atoms with van der Waals surface area (Å²) in [5.74, 6) is 0.258. The molecule has 0 aliphatic heterocycles. The Morgan fingerprint density at radius 3 is 0.717 bits per heavy atom. The molecule has 19 heteroatoms. The second-order valence-corrected chi connectivity index (χ2v) is 35.4. The first-order chi connectivity index (χ1) is 51.3. The molecule has 6 atom stereocenters. The highest BCUT2D eigenvalue weighted by Gasteiger charge is 2.31. The van der Waals surface area contributed by atoms with Crippen molar-refractivity contribution in [3.63, 3.8) is 0 Å². The second kappa shape index (κ2) is 77.0.